The van der Waals surface area contributed by atoms with Gasteiger partial charge < -0.3 is 0 Å². The molecule has 1 saturated carbocycles. The van der Waals surface area contributed by atoms with Crippen LogP contribution in [0.5, 0.6) is 0 Å². The summed E-state index contributed by atoms with van der Waals surface area (Å²) < 4.78 is 0. The minimum Gasteiger partial charge on any atom is -0.0949 e. The highest BCUT2D eigenvalue weighted by Crippen LogP contribution is 2.56. The Hall–Kier alpha value is -0.780. The van der Waals surface area contributed by atoms with Crippen molar-refractivity contribution in [2.75, 3.05) is 0 Å². The molecular formula is C11H14. The van der Waals surface area contributed by atoms with Gasteiger partial charge in [0.05, 0.1) is 0 Å². The van der Waals surface area contributed by atoms with Crippen LogP contribution in [-0.2, 0) is 0 Å². The maximum Gasteiger partial charge on any atom is 0.0135 e. The fourth-order valence-corrected chi connectivity index (χ4v) is 2.31. The van der Waals surface area contributed by atoms with Gasteiger partial charge in [0.1, 0.15) is 0 Å². The van der Waals surface area contributed by atoms with E-state index in [9.17, 15) is 0 Å². The predicted octanol–water partition coefficient (Wildman–Crippen LogP) is 3.08. The highest BCUT2D eigenvalue weighted by molar-refractivity contribution is 5.49. The van der Waals surface area contributed by atoms with Gasteiger partial charge in [0.25, 0.3) is 0 Å². The van der Waals surface area contributed by atoms with Gasteiger partial charge in [-0.25, -0.2) is 0 Å². The summed E-state index contributed by atoms with van der Waals surface area (Å²) in [6, 6.07) is 0. The molecule has 0 aromatic rings. The summed E-state index contributed by atoms with van der Waals surface area (Å²) in [4.78, 5) is 0. The molecule has 1 fully saturated rings. The lowest BCUT2D eigenvalue weighted by atomic mass is 9.80. The maximum absolute atomic E-state index is 4.11. The first-order chi connectivity index (χ1) is 5.19. The molecule has 2 rings (SSSR count). The Morgan fingerprint density at radius 1 is 1.64 bits per heavy atom. The summed E-state index contributed by atoms with van der Waals surface area (Å²) >= 11 is 0. The normalized spacial score (nSPS) is 40.6. The van der Waals surface area contributed by atoms with Crippen LogP contribution >= 0.6 is 0 Å². The Labute approximate surface area is 68.3 Å². The average molecular weight is 146 g/mol. The quantitative estimate of drug-likeness (QED) is 0.499. The molecule has 0 saturated heterocycles. The van der Waals surface area contributed by atoms with Crippen LogP contribution in [0.15, 0.2) is 36.5 Å². The van der Waals surface area contributed by atoms with E-state index < -0.39 is 0 Å². The zero-order valence-electron chi connectivity index (χ0n) is 7.06. The van der Waals surface area contributed by atoms with Gasteiger partial charge in [-0.05, 0) is 24.0 Å². The first kappa shape index (κ1) is 6.90. The third kappa shape index (κ3) is 0.649. The van der Waals surface area contributed by atoms with Crippen molar-refractivity contribution in [3.8, 4) is 0 Å². The molecule has 0 heteroatoms. The Kier molecular flexibility index (Phi) is 1.18. The van der Waals surface area contributed by atoms with Crippen LogP contribution in [0.1, 0.15) is 19.8 Å². The topological polar surface area (TPSA) is 0 Å². The minimum absolute atomic E-state index is 0.307. The van der Waals surface area contributed by atoms with Gasteiger partial charge in [-0.3, -0.25) is 0 Å². The first-order valence-electron chi connectivity index (χ1n) is 4.27. The van der Waals surface area contributed by atoms with Gasteiger partial charge >= 0.3 is 0 Å². The Morgan fingerprint density at radius 3 is 2.73 bits per heavy atom. The highest BCUT2D eigenvalue weighted by Gasteiger charge is 2.44. The van der Waals surface area contributed by atoms with E-state index in [0.29, 0.717) is 11.3 Å². The van der Waals surface area contributed by atoms with E-state index in [2.05, 4.69) is 32.2 Å². The monoisotopic (exact) mass is 146 g/mol. The predicted molar refractivity (Wildman–Crippen MR) is 48.3 cm³/mol. The molecule has 0 heterocycles. The van der Waals surface area contributed by atoms with Crippen molar-refractivity contribution in [1.82, 2.24) is 0 Å². The Balaban J connectivity index is 2.47. The molecule has 0 aromatic heterocycles. The molecule has 2 aliphatic carbocycles. The fraction of sp³-hybridized carbons (Fsp3) is 0.455. The summed E-state index contributed by atoms with van der Waals surface area (Å²) in [5.41, 5.74) is 2.86. The third-order valence-corrected chi connectivity index (χ3v) is 3.30. The average Bonchev–Trinajstić information content (AvgIpc) is 2.53. The van der Waals surface area contributed by atoms with Crippen molar-refractivity contribution in [2.24, 2.45) is 11.3 Å². The minimum atomic E-state index is 0.307. The van der Waals surface area contributed by atoms with Crippen LogP contribution in [0.25, 0.3) is 0 Å². The van der Waals surface area contributed by atoms with E-state index in [1.54, 1.807) is 0 Å². The second-order valence-corrected chi connectivity index (χ2v) is 3.68. The zero-order chi connectivity index (χ0) is 8.06. The summed E-state index contributed by atoms with van der Waals surface area (Å²) in [6.07, 6.45) is 7.04. The molecule has 0 aliphatic heterocycles. The van der Waals surface area contributed by atoms with Crippen LogP contribution in [0.4, 0.5) is 0 Å². The lowest BCUT2D eigenvalue weighted by Crippen LogP contribution is -2.12. The second kappa shape index (κ2) is 1.88. The molecule has 0 amide bonds. The molecule has 0 nitrogen and oxygen atoms in total. The number of fused-ring (bicyclic) bond motifs is 2. The van der Waals surface area contributed by atoms with E-state index in [4.69, 9.17) is 0 Å². The summed E-state index contributed by atoms with van der Waals surface area (Å²) in [6.45, 7) is 10.4. The number of rotatable bonds is 1. The molecule has 0 spiro atoms. The van der Waals surface area contributed by atoms with Crippen LogP contribution in [0, 0.1) is 11.3 Å². The van der Waals surface area contributed by atoms with Crippen molar-refractivity contribution in [3.05, 3.63) is 36.5 Å². The summed E-state index contributed by atoms with van der Waals surface area (Å²) in [5, 5.41) is 0. The standard InChI is InChI=1S/C11H14/c1-4-11-6-5-10(7-11)8(2)9(11)3/h5-6,10H,2-4,7H2,1H3. The number of allylic oxidation sites excluding steroid dienone is 4. The Bertz CT molecular complexity index is 257. The lowest BCUT2D eigenvalue weighted by molar-refractivity contribution is 0.461. The molecule has 2 aliphatic rings. The molecular weight excluding hydrogens is 132 g/mol. The van der Waals surface area contributed by atoms with Gasteiger partial charge in [0, 0.05) is 11.3 Å². The molecule has 2 bridgehead atoms. The molecule has 0 aromatic carbocycles. The summed E-state index contributed by atoms with van der Waals surface area (Å²) in [7, 11) is 0. The van der Waals surface area contributed by atoms with Gasteiger partial charge in [-0.2, -0.15) is 0 Å². The van der Waals surface area contributed by atoms with Gasteiger partial charge in [-0.15, -0.1) is 0 Å². The van der Waals surface area contributed by atoms with Crippen molar-refractivity contribution in [1.29, 1.82) is 0 Å². The van der Waals surface area contributed by atoms with Gasteiger partial charge in [-0.1, -0.05) is 32.2 Å². The number of hydrogen-bond acceptors (Lipinski definition) is 0. The SMILES string of the molecule is C=C1C(=C)C2(CC)C=CC1C2. The van der Waals surface area contributed by atoms with Crippen LogP contribution in [0.2, 0.25) is 0 Å². The zero-order valence-corrected chi connectivity index (χ0v) is 7.06. The first-order valence-corrected chi connectivity index (χ1v) is 4.27. The van der Waals surface area contributed by atoms with E-state index in [0.717, 1.165) is 0 Å². The molecule has 2 unspecified atom stereocenters. The van der Waals surface area contributed by atoms with Crippen molar-refractivity contribution in [3.63, 3.8) is 0 Å². The molecule has 58 valence electrons. The van der Waals surface area contributed by atoms with Crippen molar-refractivity contribution in [2.45, 2.75) is 19.8 Å². The van der Waals surface area contributed by atoms with Crippen molar-refractivity contribution < 1.29 is 0 Å². The smallest absolute Gasteiger partial charge is 0.0135 e. The van der Waals surface area contributed by atoms with Crippen LogP contribution < -0.4 is 0 Å². The largest absolute Gasteiger partial charge is 0.0949 e. The van der Waals surface area contributed by atoms with Crippen molar-refractivity contribution >= 4 is 0 Å². The van der Waals surface area contributed by atoms with Crippen LogP contribution in [0.3, 0.4) is 0 Å². The molecule has 11 heavy (non-hydrogen) atoms. The van der Waals surface area contributed by atoms with Crippen LogP contribution in [-0.4, -0.2) is 0 Å². The second-order valence-electron chi connectivity index (χ2n) is 3.68. The lowest BCUT2D eigenvalue weighted by Gasteiger charge is -2.23. The molecule has 0 radical (unpaired) electrons. The Morgan fingerprint density at radius 2 is 2.36 bits per heavy atom. The van der Waals surface area contributed by atoms with E-state index in [1.165, 1.54) is 24.0 Å². The molecule has 0 N–H and O–H groups in total. The van der Waals surface area contributed by atoms with E-state index in [1.807, 2.05) is 0 Å². The fourth-order valence-electron chi connectivity index (χ4n) is 2.31. The maximum atomic E-state index is 4.11. The van der Waals surface area contributed by atoms with Gasteiger partial charge in [0.15, 0.2) is 0 Å². The van der Waals surface area contributed by atoms with E-state index in [-0.39, 0.29) is 0 Å². The van der Waals surface area contributed by atoms with E-state index >= 15 is 0 Å². The summed E-state index contributed by atoms with van der Waals surface area (Å²) in [5.74, 6) is 0.613. The highest BCUT2D eigenvalue weighted by atomic mass is 14.5. The number of hydrogen-bond donors (Lipinski definition) is 0. The molecule has 2 atom stereocenters. The van der Waals surface area contributed by atoms with Gasteiger partial charge in [0.2, 0.25) is 0 Å². The third-order valence-electron chi connectivity index (χ3n) is 3.30.